The van der Waals surface area contributed by atoms with E-state index in [2.05, 4.69) is 5.32 Å². The highest BCUT2D eigenvalue weighted by Gasteiger charge is 2.15. The van der Waals surface area contributed by atoms with Crippen LogP contribution < -0.4 is 11.1 Å². The van der Waals surface area contributed by atoms with Gasteiger partial charge in [-0.05, 0) is 30.4 Å². The van der Waals surface area contributed by atoms with Crippen LogP contribution in [0.15, 0.2) is 48.5 Å². The van der Waals surface area contributed by atoms with Crippen LogP contribution in [0, 0.1) is 10.1 Å². The zero-order chi connectivity index (χ0) is 18.4. The van der Waals surface area contributed by atoms with Crippen LogP contribution in [-0.4, -0.2) is 28.4 Å². The Hall–Kier alpha value is -3.33. The van der Waals surface area contributed by atoms with Gasteiger partial charge in [-0.25, -0.2) is 4.79 Å². The van der Waals surface area contributed by atoms with E-state index in [0.717, 1.165) is 6.07 Å². The second-order valence-electron chi connectivity index (χ2n) is 4.88. The summed E-state index contributed by atoms with van der Waals surface area (Å²) >= 11 is 4.71. The number of ketones is 1. The molecular weight excluding hydrogens is 346 g/mol. The molecule has 0 saturated carbocycles. The van der Waals surface area contributed by atoms with Gasteiger partial charge in [0, 0.05) is 23.4 Å². The highest BCUT2D eigenvalue weighted by Crippen LogP contribution is 2.15. The summed E-state index contributed by atoms with van der Waals surface area (Å²) in [6.45, 7) is -0.535. The van der Waals surface area contributed by atoms with Gasteiger partial charge in [-0.1, -0.05) is 18.2 Å². The van der Waals surface area contributed by atoms with Gasteiger partial charge in [0.25, 0.3) is 5.69 Å². The normalized spacial score (nSPS) is 9.92. The Kier molecular flexibility index (Phi) is 5.75. The van der Waals surface area contributed by atoms with Crippen LogP contribution in [0.4, 0.5) is 11.4 Å². The van der Waals surface area contributed by atoms with E-state index in [1.807, 2.05) is 0 Å². The number of carbonyl (C=O) groups excluding carboxylic acids is 2. The van der Waals surface area contributed by atoms with Gasteiger partial charge in [0.2, 0.25) is 5.78 Å². The average molecular weight is 359 g/mol. The molecule has 8 nitrogen and oxygen atoms in total. The molecule has 25 heavy (non-hydrogen) atoms. The Morgan fingerprint density at radius 2 is 1.84 bits per heavy atom. The van der Waals surface area contributed by atoms with Gasteiger partial charge >= 0.3 is 5.97 Å². The minimum absolute atomic E-state index is 0.0476. The fraction of sp³-hybridized carbons (Fsp3) is 0.0625. The number of hydrogen-bond acceptors (Lipinski definition) is 6. The molecule has 0 saturated heterocycles. The molecule has 128 valence electrons. The number of hydrogen-bond donors (Lipinski definition) is 2. The van der Waals surface area contributed by atoms with Crippen LogP contribution >= 0.6 is 12.2 Å². The monoisotopic (exact) mass is 359 g/mol. The molecular formula is C16H13N3O5S. The molecule has 0 spiro atoms. The highest BCUT2D eigenvalue weighted by molar-refractivity contribution is 7.80. The van der Waals surface area contributed by atoms with Crippen molar-refractivity contribution in [1.29, 1.82) is 0 Å². The quantitative estimate of drug-likeness (QED) is 0.265. The van der Waals surface area contributed by atoms with Crippen LogP contribution in [-0.2, 0) is 4.74 Å². The van der Waals surface area contributed by atoms with E-state index in [1.54, 1.807) is 12.1 Å². The fourth-order valence-electron chi connectivity index (χ4n) is 1.96. The largest absolute Gasteiger partial charge is 0.454 e. The number of nitrogens with one attached hydrogen (secondary N) is 1. The molecule has 0 atom stereocenters. The molecule has 2 aromatic rings. The number of anilines is 1. The van der Waals surface area contributed by atoms with Crippen LogP contribution in [0.3, 0.4) is 0 Å². The number of nitro benzene ring substituents is 1. The Morgan fingerprint density at radius 3 is 2.52 bits per heavy atom. The van der Waals surface area contributed by atoms with Crippen molar-refractivity contribution in [1.82, 2.24) is 0 Å². The molecule has 0 fully saturated rings. The number of Topliss-reactive ketones (excluding diaryl/α,β-unsaturated/α-hetero) is 1. The first-order valence-electron chi connectivity index (χ1n) is 6.98. The topological polar surface area (TPSA) is 125 Å². The summed E-state index contributed by atoms with van der Waals surface area (Å²) in [5.41, 5.74) is 5.94. The van der Waals surface area contributed by atoms with Gasteiger partial charge in [0.05, 0.1) is 10.5 Å². The summed E-state index contributed by atoms with van der Waals surface area (Å²) in [5.74, 6) is -1.26. The average Bonchev–Trinajstić information content (AvgIpc) is 2.59. The van der Waals surface area contributed by atoms with Crippen molar-refractivity contribution in [3.05, 3.63) is 69.8 Å². The van der Waals surface area contributed by atoms with E-state index >= 15 is 0 Å². The lowest BCUT2D eigenvalue weighted by atomic mass is 10.1. The van der Waals surface area contributed by atoms with Gasteiger partial charge in [-0.2, -0.15) is 0 Å². The van der Waals surface area contributed by atoms with Crippen molar-refractivity contribution >= 4 is 40.5 Å². The second-order valence-corrected chi connectivity index (χ2v) is 5.32. The summed E-state index contributed by atoms with van der Waals surface area (Å²) in [6.07, 6.45) is 0. The summed E-state index contributed by atoms with van der Waals surface area (Å²) in [6, 6.07) is 11.4. The lowest BCUT2D eigenvalue weighted by molar-refractivity contribution is -0.384. The molecule has 3 N–H and O–H groups in total. The number of nitrogens with two attached hydrogens (primary N) is 1. The molecule has 0 radical (unpaired) electrons. The van der Waals surface area contributed by atoms with E-state index in [0.29, 0.717) is 5.69 Å². The van der Waals surface area contributed by atoms with Crippen molar-refractivity contribution in [2.24, 2.45) is 5.73 Å². The highest BCUT2D eigenvalue weighted by atomic mass is 32.1. The summed E-state index contributed by atoms with van der Waals surface area (Å²) < 4.78 is 4.95. The molecule has 0 amide bonds. The molecule has 0 aliphatic heterocycles. The molecule has 9 heteroatoms. The molecule has 0 aliphatic carbocycles. The maximum atomic E-state index is 12.0. The zero-order valence-corrected chi connectivity index (χ0v) is 13.6. The number of carbonyl (C=O) groups is 2. The Balaban J connectivity index is 2.02. The number of nitrogens with zero attached hydrogens (tertiary/aromatic N) is 1. The number of esters is 1. The third-order valence-corrected chi connectivity index (χ3v) is 3.18. The van der Waals surface area contributed by atoms with Crippen LogP contribution in [0.25, 0.3) is 0 Å². The fourth-order valence-corrected chi connectivity index (χ4v) is 2.07. The third-order valence-electron chi connectivity index (χ3n) is 3.08. The molecule has 0 aromatic heterocycles. The van der Waals surface area contributed by atoms with Crippen molar-refractivity contribution in [3.63, 3.8) is 0 Å². The Labute approximate surface area is 147 Å². The number of rotatable bonds is 6. The summed E-state index contributed by atoms with van der Waals surface area (Å²) in [4.78, 5) is 34.2. The first-order valence-corrected chi connectivity index (χ1v) is 7.39. The smallest absolute Gasteiger partial charge is 0.338 e. The molecule has 2 rings (SSSR count). The zero-order valence-electron chi connectivity index (χ0n) is 12.8. The van der Waals surface area contributed by atoms with E-state index < -0.39 is 23.3 Å². The standard InChI is InChI=1S/C16H13N3O5S/c17-16(25)18-12-5-1-4-11(7-12)15(21)24-9-14(20)10-3-2-6-13(8-10)19(22)23/h1-8H,9H2,(H3,17,18,25). The maximum absolute atomic E-state index is 12.0. The maximum Gasteiger partial charge on any atom is 0.338 e. The van der Waals surface area contributed by atoms with E-state index in [-0.39, 0.29) is 21.9 Å². The number of nitro groups is 1. The summed E-state index contributed by atoms with van der Waals surface area (Å²) in [5, 5.41) is 13.4. The minimum Gasteiger partial charge on any atom is -0.454 e. The number of non-ortho nitro benzene ring substituents is 1. The van der Waals surface area contributed by atoms with Crippen molar-refractivity contribution in [2.75, 3.05) is 11.9 Å². The van der Waals surface area contributed by atoms with Crippen molar-refractivity contribution in [2.45, 2.75) is 0 Å². The summed E-state index contributed by atoms with van der Waals surface area (Å²) in [7, 11) is 0. The first kappa shape index (κ1) is 18.0. The van der Waals surface area contributed by atoms with Gasteiger partial charge in [0.1, 0.15) is 0 Å². The van der Waals surface area contributed by atoms with Gasteiger partial charge in [-0.3, -0.25) is 14.9 Å². The molecule has 2 aromatic carbocycles. The van der Waals surface area contributed by atoms with E-state index in [1.165, 1.54) is 30.3 Å². The van der Waals surface area contributed by atoms with Crippen molar-refractivity contribution < 1.29 is 19.2 Å². The molecule has 0 unspecified atom stereocenters. The molecule has 0 aliphatic rings. The predicted molar refractivity (Wildman–Crippen MR) is 94.6 cm³/mol. The van der Waals surface area contributed by atoms with Gasteiger partial charge in [0.15, 0.2) is 11.7 Å². The van der Waals surface area contributed by atoms with E-state index in [4.69, 9.17) is 22.7 Å². The third kappa shape index (κ3) is 5.08. The van der Waals surface area contributed by atoms with Crippen LogP contribution in [0.1, 0.15) is 20.7 Å². The minimum atomic E-state index is -0.717. The Bertz CT molecular complexity index is 853. The number of benzene rings is 2. The first-order chi connectivity index (χ1) is 11.9. The Morgan fingerprint density at radius 1 is 1.16 bits per heavy atom. The van der Waals surface area contributed by atoms with E-state index in [9.17, 15) is 19.7 Å². The number of thiocarbonyl (C=S) groups is 1. The van der Waals surface area contributed by atoms with Crippen LogP contribution in [0.5, 0.6) is 0 Å². The van der Waals surface area contributed by atoms with Gasteiger partial charge < -0.3 is 15.8 Å². The lowest BCUT2D eigenvalue weighted by Crippen LogP contribution is -2.19. The van der Waals surface area contributed by atoms with Crippen molar-refractivity contribution in [3.8, 4) is 0 Å². The molecule has 0 heterocycles. The predicted octanol–water partition coefficient (Wildman–Crippen LogP) is 2.29. The van der Waals surface area contributed by atoms with Gasteiger partial charge in [-0.15, -0.1) is 0 Å². The number of ether oxygens (including phenoxy) is 1. The SMILES string of the molecule is NC(=S)Nc1cccc(C(=O)OCC(=O)c2cccc([N+](=O)[O-])c2)c1. The van der Waals surface area contributed by atoms with Crippen LogP contribution in [0.2, 0.25) is 0 Å². The molecule has 0 bridgehead atoms. The second kappa shape index (κ2) is 7.97. The lowest BCUT2D eigenvalue weighted by Gasteiger charge is -2.07.